The van der Waals surface area contributed by atoms with Crippen LogP contribution in [0.2, 0.25) is 0 Å². The summed E-state index contributed by atoms with van der Waals surface area (Å²) in [5.74, 6) is 0.117. The van der Waals surface area contributed by atoms with Gasteiger partial charge in [-0.3, -0.25) is 14.2 Å². The predicted octanol–water partition coefficient (Wildman–Crippen LogP) is 4.02. The van der Waals surface area contributed by atoms with E-state index in [4.69, 9.17) is 39.2 Å². The molecule has 0 radical (unpaired) electrons. The lowest BCUT2D eigenvalue weighted by Gasteiger charge is -2.23. The lowest BCUT2D eigenvalue weighted by Crippen LogP contribution is -2.38. The molecule has 0 bridgehead atoms. The molecule has 1 unspecified atom stereocenters. The first kappa shape index (κ1) is 18.0. The van der Waals surface area contributed by atoms with E-state index < -0.39 is 15.6 Å². The van der Waals surface area contributed by atoms with E-state index in [2.05, 4.69) is 4.98 Å². The Morgan fingerprint density at radius 3 is 2.60 bits per heavy atom. The van der Waals surface area contributed by atoms with Crippen molar-refractivity contribution in [2.45, 2.75) is 23.2 Å². The summed E-state index contributed by atoms with van der Waals surface area (Å²) in [6, 6.07) is 9.20. The molecule has 5 nitrogen and oxygen atoms in total. The number of carbonyl (C=O) groups is 1. The average molecular weight is 400 g/mol. The highest BCUT2D eigenvalue weighted by atomic mass is 35.6. The van der Waals surface area contributed by atoms with E-state index in [1.54, 1.807) is 43.3 Å². The predicted molar refractivity (Wildman–Crippen MR) is 97.5 cm³/mol. The fourth-order valence-corrected chi connectivity index (χ4v) is 3.11. The number of hydrogen-bond donors (Lipinski definition) is 0. The highest BCUT2D eigenvalue weighted by Gasteiger charge is 2.39. The lowest BCUT2D eigenvalue weighted by atomic mass is 10.1. The van der Waals surface area contributed by atoms with Crippen LogP contribution in [0.4, 0.5) is 0 Å². The maximum atomic E-state index is 13.0. The van der Waals surface area contributed by atoms with Gasteiger partial charge in [0.1, 0.15) is 17.6 Å². The number of benzene rings is 1. The van der Waals surface area contributed by atoms with Crippen molar-refractivity contribution in [3.63, 3.8) is 0 Å². The number of fused-ring (bicyclic) bond motifs is 1. The van der Waals surface area contributed by atoms with Gasteiger partial charge in [0.2, 0.25) is 5.78 Å². The average Bonchev–Trinajstić information content (AvgIpc) is 3.05. The maximum absolute atomic E-state index is 13.0. The van der Waals surface area contributed by atoms with Crippen LogP contribution in [0.3, 0.4) is 0 Å². The number of ketones is 1. The van der Waals surface area contributed by atoms with Crippen molar-refractivity contribution in [3.8, 4) is 0 Å². The molecule has 0 saturated heterocycles. The number of hydrogen-bond acceptors (Lipinski definition) is 4. The van der Waals surface area contributed by atoms with Crippen LogP contribution >= 0.6 is 34.8 Å². The second kappa shape index (κ2) is 6.83. The first-order chi connectivity index (χ1) is 11.8. The minimum atomic E-state index is -2.17. The Morgan fingerprint density at radius 2 is 1.96 bits per heavy atom. The fraction of sp³-hybridized carbons (Fsp3) is 0.235. The van der Waals surface area contributed by atoms with Crippen LogP contribution in [0.1, 0.15) is 17.6 Å². The zero-order valence-electron chi connectivity index (χ0n) is 13.1. The molecule has 2 aromatic heterocycles. The van der Waals surface area contributed by atoms with Crippen molar-refractivity contribution in [1.82, 2.24) is 9.55 Å². The Balaban J connectivity index is 2.20. The second-order valence-corrected chi connectivity index (χ2v) is 7.79. The Labute approximate surface area is 158 Å². The molecule has 25 heavy (non-hydrogen) atoms. The number of halogens is 3. The Bertz CT molecular complexity index is 975. The van der Waals surface area contributed by atoms with Gasteiger partial charge in [0.25, 0.3) is 9.35 Å². The molecule has 0 aliphatic heterocycles. The summed E-state index contributed by atoms with van der Waals surface area (Å²) in [5, 5.41) is 0.384. The molecule has 8 heteroatoms. The van der Waals surface area contributed by atoms with Crippen LogP contribution in [-0.2, 0) is 11.2 Å². The van der Waals surface area contributed by atoms with Crippen molar-refractivity contribution in [3.05, 3.63) is 64.6 Å². The van der Waals surface area contributed by atoms with Gasteiger partial charge in [-0.05, 0) is 31.2 Å². The van der Waals surface area contributed by atoms with Gasteiger partial charge in [-0.15, -0.1) is 0 Å². The Hall–Kier alpha value is -1.82. The van der Waals surface area contributed by atoms with Crippen molar-refractivity contribution in [2.24, 2.45) is 0 Å². The van der Waals surface area contributed by atoms with Crippen LogP contribution in [0.5, 0.6) is 0 Å². The molecule has 1 aromatic carbocycles. The van der Waals surface area contributed by atoms with E-state index >= 15 is 0 Å². The number of aromatic nitrogens is 2. The molecule has 3 rings (SSSR count). The lowest BCUT2D eigenvalue weighted by molar-refractivity contribution is -0.121. The quantitative estimate of drug-likeness (QED) is 0.622. The maximum Gasteiger partial charge on any atom is 0.262 e. The first-order valence-corrected chi connectivity index (χ1v) is 8.53. The van der Waals surface area contributed by atoms with E-state index in [1.165, 1.54) is 10.8 Å². The van der Waals surface area contributed by atoms with Crippen LogP contribution in [0.15, 0.2) is 51.9 Å². The third-order valence-corrected chi connectivity index (χ3v) is 4.41. The number of furan rings is 1. The summed E-state index contributed by atoms with van der Waals surface area (Å²) in [6.45, 7) is 1.63. The fourth-order valence-electron chi connectivity index (χ4n) is 2.73. The largest absolute Gasteiger partial charge is 0.469 e. The summed E-state index contributed by atoms with van der Waals surface area (Å²) in [4.78, 5) is 30.1. The Kier molecular flexibility index (Phi) is 4.91. The highest BCUT2D eigenvalue weighted by Crippen LogP contribution is 2.33. The number of carbonyl (C=O) groups excluding carboxylic acids is 1. The van der Waals surface area contributed by atoms with Crippen molar-refractivity contribution >= 4 is 51.5 Å². The van der Waals surface area contributed by atoms with Gasteiger partial charge >= 0.3 is 0 Å². The smallest absolute Gasteiger partial charge is 0.262 e. The van der Waals surface area contributed by atoms with E-state index in [0.717, 1.165) is 0 Å². The standard InChI is InChI=1S/C17H13Cl3N2O3/c1-10-21-13-7-3-2-6-12(13)16(24)22(10)14(15(23)17(18,19)20)9-11-5-4-8-25-11/h2-8,14H,9H2,1H3. The van der Waals surface area contributed by atoms with Gasteiger partial charge in [0.05, 0.1) is 17.2 Å². The molecule has 0 amide bonds. The number of para-hydroxylation sites is 1. The van der Waals surface area contributed by atoms with Gasteiger partial charge in [-0.25, -0.2) is 4.98 Å². The molecule has 0 spiro atoms. The van der Waals surface area contributed by atoms with Crippen LogP contribution in [0.25, 0.3) is 10.9 Å². The van der Waals surface area contributed by atoms with Crippen molar-refractivity contribution in [2.75, 3.05) is 0 Å². The minimum Gasteiger partial charge on any atom is -0.469 e. The second-order valence-electron chi connectivity index (χ2n) is 5.51. The molecular weight excluding hydrogens is 387 g/mol. The number of Topliss-reactive ketones (excluding diaryl/α,β-unsaturated/α-hetero) is 1. The topological polar surface area (TPSA) is 65.1 Å². The van der Waals surface area contributed by atoms with Crippen molar-refractivity contribution < 1.29 is 9.21 Å². The zero-order chi connectivity index (χ0) is 18.2. The van der Waals surface area contributed by atoms with E-state index in [-0.39, 0.29) is 12.0 Å². The first-order valence-electron chi connectivity index (χ1n) is 7.40. The SMILES string of the molecule is Cc1nc2ccccc2c(=O)n1C(Cc1ccco1)C(=O)C(Cl)(Cl)Cl. The zero-order valence-corrected chi connectivity index (χ0v) is 15.3. The highest BCUT2D eigenvalue weighted by molar-refractivity contribution is 6.76. The van der Waals surface area contributed by atoms with Crippen molar-refractivity contribution in [1.29, 1.82) is 0 Å². The molecule has 0 saturated carbocycles. The number of aryl methyl sites for hydroxylation is 1. The molecule has 0 fully saturated rings. The molecule has 0 aliphatic carbocycles. The molecular formula is C17H13Cl3N2O3. The number of rotatable bonds is 4. The molecule has 0 aliphatic rings. The number of alkyl halides is 3. The molecule has 1 atom stereocenters. The molecule has 2 heterocycles. The summed E-state index contributed by atoms with van der Waals surface area (Å²) in [7, 11) is 0. The minimum absolute atomic E-state index is 0.0700. The summed E-state index contributed by atoms with van der Waals surface area (Å²) < 4.78 is 4.39. The van der Waals surface area contributed by atoms with Gasteiger partial charge in [-0.2, -0.15) is 0 Å². The Morgan fingerprint density at radius 1 is 1.24 bits per heavy atom. The van der Waals surface area contributed by atoms with Crippen LogP contribution in [0, 0.1) is 6.92 Å². The van der Waals surface area contributed by atoms with Gasteiger partial charge in [-0.1, -0.05) is 46.9 Å². The molecule has 0 N–H and O–H groups in total. The summed E-state index contributed by atoms with van der Waals surface area (Å²) in [6.07, 6.45) is 1.54. The van der Waals surface area contributed by atoms with Gasteiger partial charge < -0.3 is 4.42 Å². The third kappa shape index (κ3) is 3.59. The van der Waals surface area contributed by atoms with Gasteiger partial charge in [0.15, 0.2) is 0 Å². The summed E-state index contributed by atoms with van der Waals surface area (Å²) in [5.41, 5.74) is 0.168. The monoisotopic (exact) mass is 398 g/mol. The number of nitrogens with zero attached hydrogens (tertiary/aromatic N) is 2. The molecule has 130 valence electrons. The third-order valence-electron chi connectivity index (χ3n) is 3.85. The normalized spacial score (nSPS) is 13.1. The summed E-state index contributed by atoms with van der Waals surface area (Å²) >= 11 is 17.4. The van der Waals surface area contributed by atoms with Gasteiger partial charge in [0, 0.05) is 6.42 Å². The van der Waals surface area contributed by atoms with E-state index in [0.29, 0.717) is 22.5 Å². The van der Waals surface area contributed by atoms with Crippen LogP contribution < -0.4 is 5.56 Å². The van der Waals surface area contributed by atoms with E-state index in [9.17, 15) is 9.59 Å². The van der Waals surface area contributed by atoms with E-state index in [1.807, 2.05) is 0 Å². The van der Waals surface area contributed by atoms with Crippen LogP contribution in [-0.4, -0.2) is 19.1 Å². The molecule has 3 aromatic rings.